The first-order chi connectivity index (χ1) is 5.58. The lowest BCUT2D eigenvalue weighted by Crippen LogP contribution is -2.03. The predicted molar refractivity (Wildman–Crippen MR) is 40.3 cm³/mol. The van der Waals surface area contributed by atoms with E-state index in [4.69, 9.17) is 17.3 Å². The second kappa shape index (κ2) is 3.53. The maximum absolute atomic E-state index is 11.7. The number of anilines is 1. The molecule has 0 spiro atoms. The molecule has 0 aromatic carbocycles. The average Bonchev–Trinajstić information content (AvgIpc) is 1.81. The van der Waals surface area contributed by atoms with Gasteiger partial charge < -0.3 is 10.5 Å². The minimum Gasteiger partial charge on any atom is -0.435 e. The van der Waals surface area contributed by atoms with Gasteiger partial charge in [0.15, 0.2) is 0 Å². The van der Waals surface area contributed by atoms with E-state index in [1.807, 2.05) is 0 Å². The number of hydrogen-bond donors (Lipinski definition) is 1. The number of hydrogen-bond acceptors (Lipinski definition) is 3. The number of nitrogens with zero attached hydrogens (tertiary/aromatic N) is 1. The zero-order valence-electron chi connectivity index (χ0n) is 5.80. The second-order valence-corrected chi connectivity index (χ2v) is 2.32. The van der Waals surface area contributed by atoms with Crippen LogP contribution in [0.3, 0.4) is 0 Å². The summed E-state index contributed by atoms with van der Waals surface area (Å²) in [6.45, 7) is -2.89. The van der Waals surface area contributed by atoms with Crippen LogP contribution in [0.1, 0.15) is 0 Å². The standard InChI is InChI=1S/C6H5ClF2N2O/c7-4-1-3(12-6(8)9)2-5(10)11-4/h1-2,6H,(H2,10,11). The molecule has 0 amide bonds. The fourth-order valence-corrected chi connectivity index (χ4v) is 0.869. The number of alkyl halides is 2. The van der Waals surface area contributed by atoms with Crippen LogP contribution in [-0.4, -0.2) is 11.6 Å². The van der Waals surface area contributed by atoms with Crippen LogP contribution in [0, 0.1) is 0 Å². The molecule has 0 atom stereocenters. The SMILES string of the molecule is Nc1cc(OC(F)F)cc(Cl)n1. The van der Waals surface area contributed by atoms with Crippen molar-refractivity contribution >= 4 is 17.4 Å². The van der Waals surface area contributed by atoms with E-state index in [0.29, 0.717) is 0 Å². The minimum atomic E-state index is -2.89. The highest BCUT2D eigenvalue weighted by molar-refractivity contribution is 6.29. The van der Waals surface area contributed by atoms with E-state index in [2.05, 4.69) is 9.72 Å². The Balaban J connectivity index is 2.85. The van der Waals surface area contributed by atoms with E-state index in [1.165, 1.54) is 0 Å². The molecule has 0 aliphatic rings. The van der Waals surface area contributed by atoms with Crippen LogP contribution in [-0.2, 0) is 0 Å². The molecule has 1 heterocycles. The fourth-order valence-electron chi connectivity index (χ4n) is 0.664. The lowest BCUT2D eigenvalue weighted by Gasteiger charge is -2.04. The molecular weight excluding hydrogens is 190 g/mol. The van der Waals surface area contributed by atoms with Gasteiger partial charge in [0.05, 0.1) is 0 Å². The summed E-state index contributed by atoms with van der Waals surface area (Å²) >= 11 is 5.42. The van der Waals surface area contributed by atoms with E-state index in [-0.39, 0.29) is 16.7 Å². The number of ether oxygens (including phenoxy) is 1. The first-order valence-corrected chi connectivity index (χ1v) is 3.33. The Morgan fingerprint density at radius 1 is 1.50 bits per heavy atom. The van der Waals surface area contributed by atoms with Crippen molar-refractivity contribution in [3.05, 3.63) is 17.3 Å². The van der Waals surface area contributed by atoms with Crippen LogP contribution in [0.4, 0.5) is 14.6 Å². The molecule has 66 valence electrons. The summed E-state index contributed by atoms with van der Waals surface area (Å²) < 4.78 is 27.4. The average molecular weight is 195 g/mol. The predicted octanol–water partition coefficient (Wildman–Crippen LogP) is 1.92. The maximum atomic E-state index is 11.7. The normalized spacial score (nSPS) is 10.3. The summed E-state index contributed by atoms with van der Waals surface area (Å²) in [6, 6.07) is 2.32. The van der Waals surface area contributed by atoms with Crippen LogP contribution < -0.4 is 10.5 Å². The zero-order valence-corrected chi connectivity index (χ0v) is 6.55. The Morgan fingerprint density at radius 2 is 2.17 bits per heavy atom. The van der Waals surface area contributed by atoms with Gasteiger partial charge in [0.25, 0.3) is 0 Å². The summed E-state index contributed by atoms with van der Waals surface area (Å²) in [4.78, 5) is 3.56. The van der Waals surface area contributed by atoms with Crippen molar-refractivity contribution in [3.63, 3.8) is 0 Å². The molecule has 6 heteroatoms. The molecule has 0 saturated carbocycles. The number of halogens is 3. The number of pyridine rings is 1. The van der Waals surface area contributed by atoms with Gasteiger partial charge in [-0.25, -0.2) is 4.98 Å². The Kier molecular flexibility index (Phi) is 2.65. The molecule has 1 aromatic heterocycles. The van der Waals surface area contributed by atoms with Gasteiger partial charge in [-0.3, -0.25) is 0 Å². The van der Waals surface area contributed by atoms with Crippen molar-refractivity contribution in [2.24, 2.45) is 0 Å². The van der Waals surface area contributed by atoms with Crippen molar-refractivity contribution in [1.82, 2.24) is 4.98 Å². The summed E-state index contributed by atoms with van der Waals surface area (Å²) in [5.74, 6) is -0.0550. The lowest BCUT2D eigenvalue weighted by molar-refractivity contribution is -0.0498. The van der Waals surface area contributed by atoms with Crippen LogP contribution in [0.5, 0.6) is 5.75 Å². The van der Waals surface area contributed by atoms with E-state index >= 15 is 0 Å². The molecule has 0 saturated heterocycles. The third-order valence-electron chi connectivity index (χ3n) is 1.01. The monoisotopic (exact) mass is 194 g/mol. The Hall–Kier alpha value is -1.10. The van der Waals surface area contributed by atoms with Crippen LogP contribution in [0.25, 0.3) is 0 Å². The van der Waals surface area contributed by atoms with Gasteiger partial charge in [0.1, 0.15) is 16.7 Å². The fraction of sp³-hybridized carbons (Fsp3) is 0.167. The van der Waals surface area contributed by atoms with Crippen LogP contribution >= 0.6 is 11.6 Å². The van der Waals surface area contributed by atoms with Crippen LogP contribution in [0.15, 0.2) is 12.1 Å². The number of nitrogens with two attached hydrogens (primary N) is 1. The second-order valence-electron chi connectivity index (χ2n) is 1.93. The maximum Gasteiger partial charge on any atom is 0.387 e. The topological polar surface area (TPSA) is 48.1 Å². The zero-order chi connectivity index (χ0) is 9.14. The molecule has 0 aliphatic carbocycles. The highest BCUT2D eigenvalue weighted by atomic mass is 35.5. The number of rotatable bonds is 2. The number of aromatic nitrogens is 1. The Morgan fingerprint density at radius 3 is 2.67 bits per heavy atom. The van der Waals surface area contributed by atoms with Crippen molar-refractivity contribution in [3.8, 4) is 5.75 Å². The summed E-state index contributed by atoms with van der Waals surface area (Å²) in [7, 11) is 0. The Bertz CT molecular complexity index is 262. The summed E-state index contributed by atoms with van der Waals surface area (Å²) in [5.41, 5.74) is 5.21. The van der Waals surface area contributed by atoms with Gasteiger partial charge in [-0.1, -0.05) is 11.6 Å². The Labute approximate surface area is 72.1 Å². The largest absolute Gasteiger partial charge is 0.435 e. The van der Waals surface area contributed by atoms with Gasteiger partial charge in [-0.15, -0.1) is 0 Å². The molecule has 12 heavy (non-hydrogen) atoms. The molecule has 3 nitrogen and oxygen atoms in total. The van der Waals surface area contributed by atoms with Gasteiger partial charge in [0, 0.05) is 12.1 Å². The van der Waals surface area contributed by atoms with Crippen LogP contribution in [0.2, 0.25) is 5.15 Å². The molecule has 0 fully saturated rings. The van der Waals surface area contributed by atoms with Crippen molar-refractivity contribution < 1.29 is 13.5 Å². The van der Waals surface area contributed by atoms with Gasteiger partial charge in [0.2, 0.25) is 0 Å². The highest BCUT2D eigenvalue weighted by Crippen LogP contribution is 2.20. The van der Waals surface area contributed by atoms with Gasteiger partial charge in [-0.2, -0.15) is 8.78 Å². The smallest absolute Gasteiger partial charge is 0.387 e. The van der Waals surface area contributed by atoms with E-state index in [9.17, 15) is 8.78 Å². The van der Waals surface area contributed by atoms with E-state index in [0.717, 1.165) is 12.1 Å². The minimum absolute atomic E-state index is 0.0191. The molecule has 0 unspecified atom stereocenters. The first-order valence-electron chi connectivity index (χ1n) is 2.96. The summed E-state index contributed by atoms with van der Waals surface area (Å²) in [5, 5.41) is 0.0191. The van der Waals surface area contributed by atoms with Gasteiger partial charge >= 0.3 is 6.61 Å². The van der Waals surface area contributed by atoms with Gasteiger partial charge in [-0.05, 0) is 0 Å². The molecule has 1 aromatic rings. The molecule has 0 bridgehead atoms. The quantitative estimate of drug-likeness (QED) is 0.732. The molecule has 1 rings (SSSR count). The molecule has 0 aliphatic heterocycles. The first kappa shape index (κ1) is 8.99. The third kappa shape index (κ3) is 2.50. The summed E-state index contributed by atoms with van der Waals surface area (Å²) in [6.07, 6.45) is 0. The molecule has 0 radical (unpaired) electrons. The molecular formula is C6H5ClF2N2O. The van der Waals surface area contributed by atoms with Crippen molar-refractivity contribution in [1.29, 1.82) is 0 Å². The number of nitrogen functional groups attached to an aromatic ring is 1. The van der Waals surface area contributed by atoms with Crippen molar-refractivity contribution in [2.75, 3.05) is 5.73 Å². The highest BCUT2D eigenvalue weighted by Gasteiger charge is 2.05. The van der Waals surface area contributed by atoms with E-state index in [1.54, 1.807) is 0 Å². The van der Waals surface area contributed by atoms with E-state index < -0.39 is 6.61 Å². The lowest BCUT2D eigenvalue weighted by atomic mass is 10.4. The molecule has 2 N–H and O–H groups in total. The third-order valence-corrected chi connectivity index (χ3v) is 1.21. The van der Waals surface area contributed by atoms with Crippen molar-refractivity contribution in [2.45, 2.75) is 6.61 Å².